The lowest BCUT2D eigenvalue weighted by atomic mass is 9.92. The zero-order valence-electron chi connectivity index (χ0n) is 16.6. The average Bonchev–Trinajstić information content (AvgIpc) is 3.14. The van der Waals surface area contributed by atoms with Crippen LogP contribution in [0.1, 0.15) is 52.1 Å². The van der Waals surface area contributed by atoms with Gasteiger partial charge < -0.3 is 15.7 Å². The van der Waals surface area contributed by atoms with Gasteiger partial charge in [0.2, 0.25) is 0 Å². The van der Waals surface area contributed by atoms with Crippen molar-refractivity contribution in [1.82, 2.24) is 14.7 Å². The minimum absolute atomic E-state index is 0.0982. The SMILES string of the molecule is Cc1ccn2c(C(=O)Nc3cc(C(=O)N[C@H]4CCCC[C@@H]4O)ccc3F)cnc2c1. The number of aliphatic hydroxyl groups excluding tert-OH is 1. The van der Waals surface area contributed by atoms with E-state index in [1.54, 1.807) is 10.6 Å². The number of nitrogens with one attached hydrogen (secondary N) is 2. The predicted molar refractivity (Wildman–Crippen MR) is 110 cm³/mol. The number of aromatic nitrogens is 2. The molecule has 0 radical (unpaired) electrons. The van der Waals surface area contributed by atoms with Crippen LogP contribution in [0.5, 0.6) is 0 Å². The van der Waals surface area contributed by atoms with Crippen molar-refractivity contribution in [2.75, 3.05) is 5.32 Å². The van der Waals surface area contributed by atoms with E-state index in [1.807, 2.05) is 19.1 Å². The summed E-state index contributed by atoms with van der Waals surface area (Å²) in [6.45, 7) is 1.92. The van der Waals surface area contributed by atoms with Crippen molar-refractivity contribution >= 4 is 23.1 Å². The maximum atomic E-state index is 14.3. The van der Waals surface area contributed by atoms with Gasteiger partial charge in [0.15, 0.2) is 0 Å². The van der Waals surface area contributed by atoms with Gasteiger partial charge in [0.05, 0.1) is 24.0 Å². The molecule has 3 N–H and O–H groups in total. The number of benzene rings is 1. The fourth-order valence-electron chi connectivity index (χ4n) is 3.73. The van der Waals surface area contributed by atoms with Gasteiger partial charge in [-0.2, -0.15) is 0 Å². The molecular weight excluding hydrogens is 387 g/mol. The summed E-state index contributed by atoms with van der Waals surface area (Å²) in [6, 6.07) is 7.15. The van der Waals surface area contributed by atoms with E-state index >= 15 is 0 Å². The van der Waals surface area contributed by atoms with Crippen molar-refractivity contribution in [3.63, 3.8) is 0 Å². The third-order valence-electron chi connectivity index (χ3n) is 5.42. The molecule has 0 unspecified atom stereocenters. The maximum Gasteiger partial charge on any atom is 0.274 e. The first-order valence-corrected chi connectivity index (χ1v) is 9.96. The number of halogens is 1. The molecule has 0 spiro atoms. The molecule has 2 amide bonds. The Morgan fingerprint density at radius 2 is 1.97 bits per heavy atom. The first-order valence-electron chi connectivity index (χ1n) is 9.96. The van der Waals surface area contributed by atoms with E-state index in [4.69, 9.17) is 0 Å². The molecule has 4 rings (SSSR count). The molecule has 1 saturated carbocycles. The van der Waals surface area contributed by atoms with Crippen molar-refractivity contribution in [2.24, 2.45) is 0 Å². The second-order valence-corrected chi connectivity index (χ2v) is 7.66. The van der Waals surface area contributed by atoms with Gasteiger partial charge in [0.1, 0.15) is 17.2 Å². The monoisotopic (exact) mass is 410 g/mol. The summed E-state index contributed by atoms with van der Waals surface area (Å²) in [5, 5.41) is 15.4. The maximum absolute atomic E-state index is 14.3. The largest absolute Gasteiger partial charge is 0.391 e. The van der Waals surface area contributed by atoms with E-state index in [1.165, 1.54) is 18.3 Å². The first-order chi connectivity index (χ1) is 14.4. The molecule has 2 aromatic heterocycles. The molecule has 156 valence electrons. The summed E-state index contributed by atoms with van der Waals surface area (Å²) in [5.74, 6) is -1.60. The molecule has 2 heterocycles. The van der Waals surface area contributed by atoms with E-state index in [-0.39, 0.29) is 23.0 Å². The second kappa shape index (κ2) is 8.23. The fraction of sp³-hybridized carbons (Fsp3) is 0.318. The van der Waals surface area contributed by atoms with Crippen LogP contribution in [-0.4, -0.2) is 38.5 Å². The van der Waals surface area contributed by atoms with Gasteiger partial charge in [0, 0.05) is 11.8 Å². The number of aliphatic hydroxyl groups is 1. The van der Waals surface area contributed by atoms with Crippen LogP contribution in [0, 0.1) is 12.7 Å². The zero-order valence-corrected chi connectivity index (χ0v) is 16.6. The van der Waals surface area contributed by atoms with Crippen LogP contribution < -0.4 is 10.6 Å². The molecule has 30 heavy (non-hydrogen) atoms. The summed E-state index contributed by atoms with van der Waals surface area (Å²) in [6.07, 6.45) is 5.78. The molecule has 1 aromatic carbocycles. The highest BCUT2D eigenvalue weighted by atomic mass is 19.1. The standard InChI is InChI=1S/C22H23FN4O3/c1-13-8-9-27-18(12-24-20(27)10-13)22(30)26-17-11-14(6-7-15(17)23)21(29)25-16-4-2-3-5-19(16)28/h6-12,16,19,28H,2-5H2,1H3,(H,25,29)(H,26,30)/t16-,19-/m0/s1. The normalized spacial score (nSPS) is 18.9. The van der Waals surface area contributed by atoms with E-state index < -0.39 is 23.7 Å². The molecule has 0 saturated heterocycles. The Balaban J connectivity index is 1.52. The Bertz CT molecular complexity index is 1110. The minimum Gasteiger partial charge on any atom is -0.391 e. The number of imidazole rings is 1. The van der Waals surface area contributed by atoms with Crippen molar-refractivity contribution in [3.8, 4) is 0 Å². The summed E-state index contributed by atoms with van der Waals surface area (Å²) in [4.78, 5) is 29.5. The Morgan fingerprint density at radius 3 is 2.77 bits per heavy atom. The van der Waals surface area contributed by atoms with E-state index in [9.17, 15) is 19.1 Å². The van der Waals surface area contributed by atoms with Crippen LogP contribution in [0.15, 0.2) is 42.7 Å². The highest BCUT2D eigenvalue weighted by Crippen LogP contribution is 2.21. The smallest absolute Gasteiger partial charge is 0.274 e. The molecule has 8 heteroatoms. The van der Waals surface area contributed by atoms with Crippen molar-refractivity contribution in [3.05, 3.63) is 65.4 Å². The number of hydrogen-bond donors (Lipinski definition) is 3. The van der Waals surface area contributed by atoms with Crippen LogP contribution in [0.4, 0.5) is 10.1 Å². The fourth-order valence-corrected chi connectivity index (χ4v) is 3.73. The third kappa shape index (κ3) is 4.04. The molecule has 0 aliphatic heterocycles. The van der Waals surface area contributed by atoms with Gasteiger partial charge in [-0.05, 0) is 55.7 Å². The number of rotatable bonds is 4. The average molecular weight is 410 g/mol. The van der Waals surface area contributed by atoms with Gasteiger partial charge >= 0.3 is 0 Å². The highest BCUT2D eigenvalue weighted by molar-refractivity contribution is 6.04. The lowest BCUT2D eigenvalue weighted by molar-refractivity contribution is 0.0717. The number of carbonyl (C=O) groups excluding carboxylic acids is 2. The lowest BCUT2D eigenvalue weighted by Crippen LogP contribution is -2.45. The molecule has 3 aromatic rings. The number of amides is 2. The summed E-state index contributed by atoms with van der Waals surface area (Å²) >= 11 is 0. The second-order valence-electron chi connectivity index (χ2n) is 7.66. The summed E-state index contributed by atoms with van der Waals surface area (Å²) in [7, 11) is 0. The number of fused-ring (bicyclic) bond motifs is 1. The topological polar surface area (TPSA) is 95.7 Å². The van der Waals surface area contributed by atoms with Crippen LogP contribution in [0.25, 0.3) is 5.65 Å². The Hall–Kier alpha value is -3.26. The first kappa shape index (κ1) is 20.0. The van der Waals surface area contributed by atoms with Crippen molar-refractivity contribution in [2.45, 2.75) is 44.8 Å². The minimum atomic E-state index is -0.651. The quantitative estimate of drug-likeness (QED) is 0.616. The molecule has 2 atom stereocenters. The summed E-state index contributed by atoms with van der Waals surface area (Å²) in [5.41, 5.74) is 1.98. The number of pyridine rings is 1. The van der Waals surface area contributed by atoms with Gasteiger partial charge in [-0.15, -0.1) is 0 Å². The van der Waals surface area contributed by atoms with E-state index in [0.717, 1.165) is 24.5 Å². The van der Waals surface area contributed by atoms with Crippen LogP contribution in [-0.2, 0) is 0 Å². The number of hydrogen-bond acceptors (Lipinski definition) is 4. The highest BCUT2D eigenvalue weighted by Gasteiger charge is 2.25. The molecule has 0 bridgehead atoms. The third-order valence-corrected chi connectivity index (χ3v) is 5.42. The van der Waals surface area contributed by atoms with Crippen molar-refractivity contribution < 1.29 is 19.1 Å². The van der Waals surface area contributed by atoms with E-state index in [0.29, 0.717) is 18.5 Å². The molecule has 1 fully saturated rings. The number of nitrogens with zero attached hydrogens (tertiary/aromatic N) is 2. The Labute approximate surface area is 172 Å². The number of aryl methyl sites for hydroxylation is 1. The number of anilines is 1. The molecule has 1 aliphatic rings. The van der Waals surface area contributed by atoms with Crippen LogP contribution in [0.3, 0.4) is 0 Å². The Kier molecular flexibility index (Phi) is 5.50. The summed E-state index contributed by atoms with van der Waals surface area (Å²) < 4.78 is 15.9. The molecule has 7 nitrogen and oxygen atoms in total. The Morgan fingerprint density at radius 1 is 1.17 bits per heavy atom. The van der Waals surface area contributed by atoms with Gasteiger partial charge in [-0.1, -0.05) is 12.8 Å². The zero-order chi connectivity index (χ0) is 21.3. The van der Waals surface area contributed by atoms with Gasteiger partial charge in [0.25, 0.3) is 11.8 Å². The molecule has 1 aliphatic carbocycles. The van der Waals surface area contributed by atoms with Crippen molar-refractivity contribution in [1.29, 1.82) is 0 Å². The van der Waals surface area contributed by atoms with E-state index in [2.05, 4.69) is 15.6 Å². The number of carbonyl (C=O) groups is 2. The predicted octanol–water partition coefficient (Wildman–Crippen LogP) is 3.07. The molecular formula is C22H23FN4O3. The van der Waals surface area contributed by atoms with Gasteiger partial charge in [-0.3, -0.25) is 14.0 Å². The van der Waals surface area contributed by atoms with Crippen LogP contribution >= 0.6 is 0 Å². The van der Waals surface area contributed by atoms with Crippen LogP contribution in [0.2, 0.25) is 0 Å². The van der Waals surface area contributed by atoms with Gasteiger partial charge in [-0.25, -0.2) is 9.37 Å². The lowest BCUT2D eigenvalue weighted by Gasteiger charge is -2.28.